The van der Waals surface area contributed by atoms with Crippen LogP contribution < -0.4 is 4.74 Å². The molecule has 1 aliphatic rings. The minimum Gasteiger partial charge on any atom is -0.471 e. The summed E-state index contributed by atoms with van der Waals surface area (Å²) in [4.78, 5) is 15.1. The summed E-state index contributed by atoms with van der Waals surface area (Å²) in [5.74, 6) is 0.615. The maximum absolute atomic E-state index is 12.5. The number of hydrogen-bond acceptors (Lipinski definition) is 5. The number of amides is 1. The van der Waals surface area contributed by atoms with Crippen molar-refractivity contribution < 1.29 is 9.53 Å². The molecule has 1 aliphatic heterocycles. The Hall–Kier alpha value is -1.95. The van der Waals surface area contributed by atoms with E-state index in [0.717, 1.165) is 29.8 Å². The molecule has 21 heavy (non-hydrogen) atoms. The van der Waals surface area contributed by atoms with Crippen molar-refractivity contribution in [1.82, 2.24) is 15.1 Å². The Bertz CT molecular complexity index is 614. The Kier molecular flexibility index (Phi) is 4.15. The fourth-order valence-electron chi connectivity index (χ4n) is 2.44. The van der Waals surface area contributed by atoms with Gasteiger partial charge in [0.1, 0.15) is 6.10 Å². The Balaban J connectivity index is 1.64. The summed E-state index contributed by atoms with van der Waals surface area (Å²) in [5, 5.41) is 9.74. The molecule has 1 amide bonds. The van der Waals surface area contributed by atoms with Crippen molar-refractivity contribution in [2.24, 2.45) is 0 Å². The first-order valence-electron chi connectivity index (χ1n) is 7.01. The van der Waals surface area contributed by atoms with E-state index in [2.05, 4.69) is 10.2 Å². The molecule has 0 N–H and O–H groups in total. The van der Waals surface area contributed by atoms with Crippen LogP contribution in [0.15, 0.2) is 29.8 Å². The normalized spacial score (nSPS) is 18.5. The number of carbonyl (C=O) groups is 1. The maximum Gasteiger partial charge on any atom is 0.264 e. The van der Waals surface area contributed by atoms with E-state index >= 15 is 0 Å². The summed E-state index contributed by atoms with van der Waals surface area (Å²) in [6, 6.07) is 5.53. The largest absolute Gasteiger partial charge is 0.471 e. The van der Waals surface area contributed by atoms with E-state index in [0.29, 0.717) is 12.4 Å². The van der Waals surface area contributed by atoms with Gasteiger partial charge in [-0.3, -0.25) is 4.79 Å². The Morgan fingerprint density at radius 1 is 1.52 bits per heavy atom. The minimum absolute atomic E-state index is 0.0135. The summed E-state index contributed by atoms with van der Waals surface area (Å²) in [5.41, 5.74) is 1.13. The number of aromatic nitrogens is 2. The van der Waals surface area contributed by atoms with Crippen molar-refractivity contribution in [3.63, 3.8) is 0 Å². The molecule has 0 spiro atoms. The van der Waals surface area contributed by atoms with E-state index in [1.54, 1.807) is 18.3 Å². The van der Waals surface area contributed by atoms with Crippen LogP contribution in [0.3, 0.4) is 0 Å². The summed E-state index contributed by atoms with van der Waals surface area (Å²) in [6.45, 7) is 3.39. The third-order valence-corrected chi connectivity index (χ3v) is 4.48. The second-order valence-electron chi connectivity index (χ2n) is 5.18. The summed E-state index contributed by atoms with van der Waals surface area (Å²) in [6.07, 6.45) is 3.48. The van der Waals surface area contributed by atoms with Crippen LogP contribution in [0.25, 0.3) is 0 Å². The molecule has 0 saturated carbocycles. The van der Waals surface area contributed by atoms with Gasteiger partial charge in [-0.05, 0) is 42.8 Å². The summed E-state index contributed by atoms with van der Waals surface area (Å²) < 4.78 is 5.81. The number of likely N-dealkylation sites (tertiary alicyclic amines) is 1. The van der Waals surface area contributed by atoms with Gasteiger partial charge in [-0.2, -0.15) is 5.10 Å². The number of aryl methyl sites for hydroxylation is 1. The molecular weight excluding hydrogens is 286 g/mol. The van der Waals surface area contributed by atoms with Gasteiger partial charge in [-0.15, -0.1) is 16.4 Å². The van der Waals surface area contributed by atoms with E-state index in [1.807, 2.05) is 23.3 Å². The predicted molar refractivity (Wildman–Crippen MR) is 80.6 cm³/mol. The van der Waals surface area contributed by atoms with Crippen LogP contribution in [-0.4, -0.2) is 40.2 Å². The van der Waals surface area contributed by atoms with E-state index in [-0.39, 0.29) is 12.0 Å². The molecular formula is C15H17N3O2S. The molecule has 1 saturated heterocycles. The van der Waals surface area contributed by atoms with Crippen molar-refractivity contribution >= 4 is 17.2 Å². The molecule has 5 nitrogen and oxygen atoms in total. The molecule has 1 fully saturated rings. The third-order valence-electron chi connectivity index (χ3n) is 3.44. The van der Waals surface area contributed by atoms with Crippen LogP contribution in [0.4, 0.5) is 0 Å². The number of hydrogen-bond donors (Lipinski definition) is 0. The fraction of sp³-hybridized carbons (Fsp3) is 0.400. The van der Waals surface area contributed by atoms with Gasteiger partial charge < -0.3 is 9.64 Å². The Morgan fingerprint density at radius 2 is 2.43 bits per heavy atom. The van der Waals surface area contributed by atoms with Crippen molar-refractivity contribution in [3.05, 3.63) is 40.2 Å². The average molecular weight is 303 g/mol. The van der Waals surface area contributed by atoms with Crippen molar-refractivity contribution in [2.45, 2.75) is 25.9 Å². The second-order valence-corrected chi connectivity index (χ2v) is 6.09. The molecule has 1 atom stereocenters. The van der Waals surface area contributed by atoms with Crippen LogP contribution in [0.2, 0.25) is 0 Å². The number of piperidine rings is 1. The molecule has 0 aromatic carbocycles. The quantitative estimate of drug-likeness (QED) is 0.874. The molecule has 3 heterocycles. The first-order valence-corrected chi connectivity index (χ1v) is 7.89. The molecule has 2 aromatic heterocycles. The zero-order valence-electron chi connectivity index (χ0n) is 11.9. The van der Waals surface area contributed by atoms with Crippen LogP contribution in [0, 0.1) is 6.92 Å². The fourth-order valence-corrected chi connectivity index (χ4v) is 3.30. The number of ether oxygens (including phenoxy) is 1. The molecule has 0 aliphatic carbocycles. The zero-order chi connectivity index (χ0) is 14.7. The highest BCUT2D eigenvalue weighted by atomic mass is 32.1. The van der Waals surface area contributed by atoms with Gasteiger partial charge in [0.05, 0.1) is 11.4 Å². The van der Waals surface area contributed by atoms with Gasteiger partial charge in [-0.1, -0.05) is 0 Å². The van der Waals surface area contributed by atoms with Crippen LogP contribution >= 0.6 is 11.3 Å². The first-order chi connectivity index (χ1) is 10.2. The van der Waals surface area contributed by atoms with Crippen molar-refractivity contribution in [3.8, 4) is 5.88 Å². The predicted octanol–water partition coefficient (Wildman–Crippen LogP) is 2.53. The van der Waals surface area contributed by atoms with Gasteiger partial charge in [0.25, 0.3) is 5.91 Å². The zero-order valence-corrected chi connectivity index (χ0v) is 12.7. The van der Waals surface area contributed by atoms with Crippen LogP contribution in [0.1, 0.15) is 28.1 Å². The lowest BCUT2D eigenvalue weighted by atomic mass is 10.1. The molecule has 0 radical (unpaired) electrons. The summed E-state index contributed by atoms with van der Waals surface area (Å²) in [7, 11) is 0. The highest BCUT2D eigenvalue weighted by molar-refractivity contribution is 7.12. The van der Waals surface area contributed by atoms with Gasteiger partial charge in [0, 0.05) is 18.8 Å². The second kappa shape index (κ2) is 6.22. The SMILES string of the molecule is Cc1csc(C(=O)N2CCC[C@H](Oc3cccnn3)C2)c1. The van der Waals surface area contributed by atoms with Gasteiger partial charge in [0.15, 0.2) is 0 Å². The highest BCUT2D eigenvalue weighted by Crippen LogP contribution is 2.21. The van der Waals surface area contributed by atoms with E-state index < -0.39 is 0 Å². The molecule has 0 unspecified atom stereocenters. The highest BCUT2D eigenvalue weighted by Gasteiger charge is 2.26. The molecule has 6 heteroatoms. The lowest BCUT2D eigenvalue weighted by molar-refractivity contribution is 0.0530. The number of nitrogens with zero attached hydrogens (tertiary/aromatic N) is 3. The third kappa shape index (κ3) is 3.39. The number of rotatable bonds is 3. The molecule has 3 rings (SSSR count). The topological polar surface area (TPSA) is 55.3 Å². The van der Waals surface area contributed by atoms with Gasteiger partial charge in [0.2, 0.25) is 5.88 Å². The maximum atomic E-state index is 12.5. The van der Waals surface area contributed by atoms with E-state index in [4.69, 9.17) is 4.74 Å². The Morgan fingerprint density at radius 3 is 3.14 bits per heavy atom. The standard InChI is InChI=1S/C15H17N3O2S/c1-11-8-13(21-10-11)15(19)18-7-3-4-12(9-18)20-14-5-2-6-16-17-14/h2,5-6,8,10,12H,3-4,7,9H2,1H3/t12-/m0/s1. The Labute approximate surface area is 127 Å². The monoisotopic (exact) mass is 303 g/mol. The lowest BCUT2D eigenvalue weighted by Crippen LogP contribution is -2.44. The lowest BCUT2D eigenvalue weighted by Gasteiger charge is -2.32. The van der Waals surface area contributed by atoms with Crippen molar-refractivity contribution in [1.29, 1.82) is 0 Å². The number of carbonyl (C=O) groups excluding carboxylic acids is 1. The summed E-state index contributed by atoms with van der Waals surface area (Å²) >= 11 is 1.50. The van der Waals surface area contributed by atoms with Crippen LogP contribution in [0.5, 0.6) is 5.88 Å². The number of thiophene rings is 1. The average Bonchev–Trinajstić information content (AvgIpc) is 2.94. The molecule has 110 valence electrons. The van der Waals surface area contributed by atoms with E-state index in [9.17, 15) is 4.79 Å². The van der Waals surface area contributed by atoms with Gasteiger partial charge in [-0.25, -0.2) is 0 Å². The van der Waals surface area contributed by atoms with Gasteiger partial charge >= 0.3 is 0 Å². The van der Waals surface area contributed by atoms with Crippen LogP contribution in [-0.2, 0) is 0 Å². The van der Waals surface area contributed by atoms with E-state index in [1.165, 1.54) is 11.3 Å². The molecule has 0 bridgehead atoms. The first kappa shape index (κ1) is 14.0. The smallest absolute Gasteiger partial charge is 0.264 e. The minimum atomic E-state index is -0.0135. The van der Waals surface area contributed by atoms with Crippen molar-refractivity contribution in [2.75, 3.05) is 13.1 Å². The molecule has 2 aromatic rings.